The van der Waals surface area contributed by atoms with Crippen molar-refractivity contribution in [2.24, 2.45) is 5.73 Å². The Bertz CT molecular complexity index is 659. The molecule has 21 heavy (non-hydrogen) atoms. The van der Waals surface area contributed by atoms with E-state index in [1.165, 1.54) is 0 Å². The van der Waals surface area contributed by atoms with E-state index in [4.69, 9.17) is 10.5 Å². The van der Waals surface area contributed by atoms with Crippen molar-refractivity contribution in [3.63, 3.8) is 0 Å². The van der Waals surface area contributed by atoms with Crippen molar-refractivity contribution >= 4 is 5.97 Å². The molecular formula is C16H14NO3Y-. The first-order chi connectivity index (χ1) is 9.72. The second-order valence-corrected chi connectivity index (χ2v) is 4.76. The molecule has 3 N–H and O–H groups in total. The number of fused-ring (bicyclic) bond motifs is 2. The van der Waals surface area contributed by atoms with E-state index in [9.17, 15) is 9.90 Å². The summed E-state index contributed by atoms with van der Waals surface area (Å²) in [5.74, 6) is -0.719. The summed E-state index contributed by atoms with van der Waals surface area (Å²) in [6.45, 7) is 0.236. The largest absolute Gasteiger partial charge is 0.482 e. The fraction of sp³-hybridized carbons (Fsp3) is 0.188. The topological polar surface area (TPSA) is 72.5 Å². The predicted molar refractivity (Wildman–Crippen MR) is 74.0 cm³/mol. The molecule has 0 aliphatic carbocycles. The fourth-order valence-corrected chi connectivity index (χ4v) is 2.73. The number of hydrogen-bond acceptors (Lipinski definition) is 3. The molecule has 1 aliphatic rings. The van der Waals surface area contributed by atoms with Crippen molar-refractivity contribution < 1.29 is 47.3 Å². The summed E-state index contributed by atoms with van der Waals surface area (Å²) >= 11 is 0. The van der Waals surface area contributed by atoms with Gasteiger partial charge in [-0.3, -0.25) is 4.79 Å². The van der Waals surface area contributed by atoms with Crippen molar-refractivity contribution in [3.05, 3.63) is 59.7 Å². The van der Waals surface area contributed by atoms with Crippen LogP contribution in [0.25, 0.3) is 0 Å². The number of hydrogen-bond donors (Lipinski definition) is 2. The number of benzene rings is 2. The number of para-hydroxylation sites is 1. The van der Waals surface area contributed by atoms with Crippen LogP contribution in [0.2, 0.25) is 0 Å². The first kappa shape index (κ1) is 16.1. The summed E-state index contributed by atoms with van der Waals surface area (Å²) in [6.07, 6.45) is 0. The number of carboxylic acid groups (broad SMARTS) is 1. The third kappa shape index (κ3) is 2.89. The molecule has 0 saturated carbocycles. The van der Waals surface area contributed by atoms with Crippen molar-refractivity contribution in [2.75, 3.05) is 6.54 Å². The molecule has 1 aliphatic heterocycles. The van der Waals surface area contributed by atoms with Crippen molar-refractivity contribution in [3.8, 4) is 11.5 Å². The van der Waals surface area contributed by atoms with Crippen LogP contribution in [0.1, 0.15) is 23.0 Å². The number of rotatable bonds is 2. The minimum absolute atomic E-state index is 0. The van der Waals surface area contributed by atoms with Gasteiger partial charge in [0, 0.05) is 44.0 Å². The van der Waals surface area contributed by atoms with Gasteiger partial charge < -0.3 is 15.6 Å². The van der Waals surface area contributed by atoms with Crippen LogP contribution >= 0.6 is 0 Å². The van der Waals surface area contributed by atoms with Gasteiger partial charge in [-0.15, -0.1) is 11.6 Å². The third-order valence-electron chi connectivity index (χ3n) is 3.65. The van der Waals surface area contributed by atoms with E-state index in [0.29, 0.717) is 17.1 Å². The van der Waals surface area contributed by atoms with Gasteiger partial charge >= 0.3 is 5.97 Å². The number of ether oxygens (including phenoxy) is 1. The molecule has 5 heteroatoms. The van der Waals surface area contributed by atoms with E-state index in [0.717, 1.165) is 5.56 Å². The molecule has 3 rings (SSSR count). The zero-order valence-corrected chi connectivity index (χ0v) is 14.2. The maximum atomic E-state index is 11.7. The molecule has 1 radical (unpaired) electrons. The summed E-state index contributed by atoms with van der Waals surface area (Å²) in [5.41, 5.74) is 7.29. The Balaban J connectivity index is 0.00000161. The molecule has 0 saturated heterocycles. The maximum absolute atomic E-state index is 11.7. The Morgan fingerprint density at radius 3 is 2.67 bits per heavy atom. The van der Waals surface area contributed by atoms with Gasteiger partial charge in [0.2, 0.25) is 0 Å². The van der Waals surface area contributed by atoms with Crippen LogP contribution in [0.4, 0.5) is 0 Å². The zero-order valence-electron chi connectivity index (χ0n) is 11.3. The average Bonchev–Trinajstić information content (AvgIpc) is 2.60. The number of carboxylic acids is 1. The van der Waals surface area contributed by atoms with Gasteiger partial charge in [0.15, 0.2) is 0 Å². The van der Waals surface area contributed by atoms with Crippen molar-refractivity contribution in [1.29, 1.82) is 0 Å². The molecule has 0 fully saturated rings. The standard InChI is InChI=1S/C16H14NO3.Y/c17-9-12-10-5-1-3-7-13(10)20-14-8-4-2-6-11(14)15(12)16(18)19;/h2-8,12,15H,9,17H2,(H,18,19);/q-1;/t12-,15-;/m1./s1. The molecule has 4 nitrogen and oxygen atoms in total. The van der Waals surface area contributed by atoms with Crippen LogP contribution in [0.15, 0.2) is 42.5 Å². The van der Waals surface area contributed by atoms with Crippen molar-refractivity contribution in [1.82, 2.24) is 0 Å². The zero-order chi connectivity index (χ0) is 14.1. The fourth-order valence-electron chi connectivity index (χ4n) is 2.73. The van der Waals surface area contributed by atoms with Gasteiger partial charge in [-0.05, 0) is 18.5 Å². The van der Waals surface area contributed by atoms with E-state index < -0.39 is 11.9 Å². The van der Waals surface area contributed by atoms with Crippen molar-refractivity contribution in [2.45, 2.75) is 11.8 Å². The first-order valence-electron chi connectivity index (χ1n) is 6.42. The third-order valence-corrected chi connectivity index (χ3v) is 3.65. The Hall–Kier alpha value is -1.23. The summed E-state index contributed by atoms with van der Waals surface area (Å²) in [6, 6.07) is 15.5. The molecule has 0 unspecified atom stereocenters. The molecule has 105 valence electrons. The summed E-state index contributed by atoms with van der Waals surface area (Å²) in [4.78, 5) is 11.7. The minimum Gasteiger partial charge on any atom is -0.482 e. The number of nitrogens with two attached hydrogens (primary N) is 1. The normalized spacial score (nSPS) is 19.3. The van der Waals surface area contributed by atoms with Crippen LogP contribution in [0.5, 0.6) is 11.5 Å². The number of aliphatic carboxylic acids is 1. The SMILES string of the molecule is NC[C@@H]1c2c[c-]ccc2Oc2ccccc2[C@H]1C(=O)O.[Y]. The molecule has 2 atom stereocenters. The second-order valence-electron chi connectivity index (χ2n) is 4.76. The monoisotopic (exact) mass is 357 g/mol. The Morgan fingerprint density at radius 2 is 1.95 bits per heavy atom. The summed E-state index contributed by atoms with van der Waals surface area (Å²) in [5, 5.41) is 9.62. The quantitative estimate of drug-likeness (QED) is 0.811. The van der Waals surface area contributed by atoms with Gasteiger partial charge in [0.05, 0.1) is 5.92 Å². The van der Waals surface area contributed by atoms with E-state index in [1.807, 2.05) is 12.1 Å². The molecule has 0 spiro atoms. The summed E-state index contributed by atoms with van der Waals surface area (Å²) in [7, 11) is 0. The van der Waals surface area contributed by atoms with Crippen LogP contribution in [-0.2, 0) is 37.5 Å². The summed E-state index contributed by atoms with van der Waals surface area (Å²) < 4.78 is 5.88. The van der Waals surface area contributed by atoms with E-state index >= 15 is 0 Å². The second kappa shape index (κ2) is 6.69. The molecule has 0 aromatic heterocycles. The van der Waals surface area contributed by atoms with E-state index in [2.05, 4.69) is 6.07 Å². The molecule has 2 aromatic rings. The van der Waals surface area contributed by atoms with Gasteiger partial charge in [0.25, 0.3) is 0 Å². The Morgan fingerprint density at radius 1 is 1.24 bits per heavy atom. The van der Waals surface area contributed by atoms with Crippen LogP contribution in [0, 0.1) is 6.07 Å². The molecule has 1 heterocycles. The predicted octanol–water partition coefficient (Wildman–Crippen LogP) is 2.50. The van der Waals surface area contributed by atoms with Crippen LogP contribution in [-0.4, -0.2) is 17.6 Å². The Labute approximate surface area is 148 Å². The Kier molecular flexibility index (Phi) is 5.15. The molecular weight excluding hydrogens is 343 g/mol. The van der Waals surface area contributed by atoms with Crippen LogP contribution < -0.4 is 10.5 Å². The van der Waals surface area contributed by atoms with Gasteiger partial charge in [-0.2, -0.15) is 18.2 Å². The van der Waals surface area contributed by atoms with Gasteiger partial charge in [-0.1, -0.05) is 18.2 Å². The van der Waals surface area contributed by atoms with Crippen LogP contribution in [0.3, 0.4) is 0 Å². The first-order valence-corrected chi connectivity index (χ1v) is 6.42. The van der Waals surface area contributed by atoms with Gasteiger partial charge in [0.1, 0.15) is 5.75 Å². The number of carbonyl (C=O) groups is 1. The molecule has 0 amide bonds. The average molecular weight is 357 g/mol. The molecule has 0 bridgehead atoms. The molecule has 2 aromatic carbocycles. The van der Waals surface area contributed by atoms with E-state index in [-0.39, 0.29) is 45.2 Å². The maximum Gasteiger partial charge on any atom is 0.310 e. The van der Waals surface area contributed by atoms with E-state index in [1.54, 1.807) is 30.3 Å². The smallest absolute Gasteiger partial charge is 0.310 e. The minimum atomic E-state index is -0.895. The van der Waals surface area contributed by atoms with Gasteiger partial charge in [-0.25, -0.2) is 0 Å².